The molecule has 2 unspecified atom stereocenters. The molecule has 1 heterocycles. The highest BCUT2D eigenvalue weighted by Crippen LogP contribution is 2.25. The maximum atomic E-state index is 5.69. The van der Waals surface area contributed by atoms with Gasteiger partial charge in [-0.05, 0) is 38.7 Å². The van der Waals surface area contributed by atoms with E-state index in [-0.39, 0.29) is 0 Å². The molecule has 3 nitrogen and oxygen atoms in total. The minimum atomic E-state index is 0.310. The Morgan fingerprint density at radius 2 is 2.26 bits per heavy atom. The topological polar surface area (TPSA) is 30.5 Å². The molecule has 106 valence electrons. The zero-order valence-electron chi connectivity index (χ0n) is 12.0. The summed E-state index contributed by atoms with van der Waals surface area (Å²) >= 11 is 0. The maximum absolute atomic E-state index is 5.69. The summed E-state index contributed by atoms with van der Waals surface area (Å²) in [6, 6.07) is 8.58. The largest absolute Gasteiger partial charge is 0.494 e. The van der Waals surface area contributed by atoms with E-state index in [1.165, 1.54) is 18.4 Å². The first kappa shape index (κ1) is 14.4. The average Bonchev–Trinajstić information content (AvgIpc) is 2.47. The number of para-hydroxylation sites is 1. The van der Waals surface area contributed by atoms with Gasteiger partial charge in [0.05, 0.1) is 13.2 Å². The van der Waals surface area contributed by atoms with Crippen LogP contribution in [0.15, 0.2) is 24.3 Å². The highest BCUT2D eigenvalue weighted by molar-refractivity contribution is 5.35. The summed E-state index contributed by atoms with van der Waals surface area (Å²) in [6.07, 6.45) is 2.46. The molecule has 1 fully saturated rings. The van der Waals surface area contributed by atoms with Crippen molar-refractivity contribution in [2.24, 2.45) is 5.92 Å². The van der Waals surface area contributed by atoms with Crippen LogP contribution in [0.25, 0.3) is 0 Å². The van der Waals surface area contributed by atoms with Crippen LogP contribution in [-0.4, -0.2) is 26.4 Å². The van der Waals surface area contributed by atoms with Gasteiger partial charge in [-0.1, -0.05) is 18.2 Å². The molecule has 3 heteroatoms. The van der Waals surface area contributed by atoms with E-state index < -0.39 is 0 Å². The summed E-state index contributed by atoms with van der Waals surface area (Å²) < 4.78 is 11.2. The second-order valence-corrected chi connectivity index (χ2v) is 5.18. The molecule has 0 bridgehead atoms. The van der Waals surface area contributed by atoms with Gasteiger partial charge in [0.2, 0.25) is 0 Å². The van der Waals surface area contributed by atoms with Crippen LogP contribution >= 0.6 is 0 Å². The Hall–Kier alpha value is -1.06. The number of ether oxygens (including phenoxy) is 2. The van der Waals surface area contributed by atoms with Crippen molar-refractivity contribution in [1.82, 2.24) is 5.32 Å². The second kappa shape index (κ2) is 7.51. The summed E-state index contributed by atoms with van der Waals surface area (Å²) in [7, 11) is 0. The Morgan fingerprint density at radius 1 is 1.42 bits per heavy atom. The van der Waals surface area contributed by atoms with Gasteiger partial charge in [0.1, 0.15) is 5.75 Å². The van der Waals surface area contributed by atoms with Crippen LogP contribution in [0.2, 0.25) is 0 Å². The van der Waals surface area contributed by atoms with Gasteiger partial charge in [0.15, 0.2) is 0 Å². The molecule has 1 saturated heterocycles. The molecule has 19 heavy (non-hydrogen) atoms. The average molecular weight is 263 g/mol. The lowest BCUT2D eigenvalue weighted by Crippen LogP contribution is -2.31. The first-order valence-corrected chi connectivity index (χ1v) is 7.34. The molecule has 1 aromatic rings. The lowest BCUT2D eigenvalue weighted by molar-refractivity contribution is 0.0539. The van der Waals surface area contributed by atoms with Crippen LogP contribution in [0.3, 0.4) is 0 Å². The summed E-state index contributed by atoms with van der Waals surface area (Å²) in [5, 5.41) is 3.61. The van der Waals surface area contributed by atoms with Crippen molar-refractivity contribution in [3.63, 3.8) is 0 Å². The van der Waals surface area contributed by atoms with E-state index in [1.54, 1.807) is 0 Å². The van der Waals surface area contributed by atoms with Gasteiger partial charge >= 0.3 is 0 Å². The SMILES string of the molecule is CCOc1ccccc1C(C)NCC1CCCOC1. The normalized spacial score (nSPS) is 21.1. The Kier molecular flexibility index (Phi) is 5.67. The third kappa shape index (κ3) is 4.22. The van der Waals surface area contributed by atoms with Crippen molar-refractivity contribution in [2.75, 3.05) is 26.4 Å². The van der Waals surface area contributed by atoms with Gasteiger partial charge in [-0.25, -0.2) is 0 Å². The molecule has 1 N–H and O–H groups in total. The van der Waals surface area contributed by atoms with Crippen LogP contribution in [0.5, 0.6) is 5.75 Å². The predicted molar refractivity (Wildman–Crippen MR) is 77.6 cm³/mol. The fourth-order valence-corrected chi connectivity index (χ4v) is 2.55. The third-order valence-corrected chi connectivity index (χ3v) is 3.65. The summed E-state index contributed by atoms with van der Waals surface area (Å²) in [5.41, 5.74) is 1.24. The Labute approximate surface area is 116 Å². The first-order valence-electron chi connectivity index (χ1n) is 7.34. The minimum Gasteiger partial charge on any atom is -0.494 e. The molecule has 0 radical (unpaired) electrons. The Morgan fingerprint density at radius 3 is 3.00 bits per heavy atom. The number of nitrogens with one attached hydrogen (secondary N) is 1. The number of hydrogen-bond acceptors (Lipinski definition) is 3. The molecule has 2 rings (SSSR count). The van der Waals surface area contributed by atoms with E-state index >= 15 is 0 Å². The highest BCUT2D eigenvalue weighted by atomic mass is 16.5. The van der Waals surface area contributed by atoms with Gasteiger partial charge in [-0.2, -0.15) is 0 Å². The Balaban J connectivity index is 1.89. The van der Waals surface area contributed by atoms with E-state index in [4.69, 9.17) is 9.47 Å². The summed E-state index contributed by atoms with van der Waals surface area (Å²) in [5.74, 6) is 1.64. The molecule has 2 atom stereocenters. The molecule has 0 amide bonds. The van der Waals surface area contributed by atoms with Crippen LogP contribution < -0.4 is 10.1 Å². The molecule has 1 aromatic carbocycles. The first-order chi connectivity index (χ1) is 9.31. The van der Waals surface area contributed by atoms with Crippen LogP contribution in [0.4, 0.5) is 0 Å². The zero-order valence-corrected chi connectivity index (χ0v) is 12.0. The van der Waals surface area contributed by atoms with E-state index in [0.717, 1.165) is 25.5 Å². The zero-order chi connectivity index (χ0) is 13.5. The molecule has 0 spiro atoms. The lowest BCUT2D eigenvalue weighted by atomic mass is 10.0. The van der Waals surface area contributed by atoms with Gasteiger partial charge in [0, 0.05) is 24.8 Å². The van der Waals surface area contributed by atoms with Crippen LogP contribution in [-0.2, 0) is 4.74 Å². The van der Waals surface area contributed by atoms with E-state index in [0.29, 0.717) is 18.6 Å². The lowest BCUT2D eigenvalue weighted by Gasteiger charge is -2.25. The van der Waals surface area contributed by atoms with Crippen molar-refractivity contribution in [3.8, 4) is 5.75 Å². The third-order valence-electron chi connectivity index (χ3n) is 3.65. The van der Waals surface area contributed by atoms with Crippen molar-refractivity contribution in [1.29, 1.82) is 0 Å². The van der Waals surface area contributed by atoms with Gasteiger partial charge in [0.25, 0.3) is 0 Å². The highest BCUT2D eigenvalue weighted by Gasteiger charge is 2.16. The monoisotopic (exact) mass is 263 g/mol. The van der Waals surface area contributed by atoms with Gasteiger partial charge in [-0.15, -0.1) is 0 Å². The van der Waals surface area contributed by atoms with Crippen LogP contribution in [0.1, 0.15) is 38.3 Å². The molecule has 0 saturated carbocycles. The van der Waals surface area contributed by atoms with Crippen molar-refractivity contribution in [2.45, 2.75) is 32.7 Å². The molecular formula is C16H25NO2. The molecule has 0 aromatic heterocycles. The molecule has 1 aliphatic rings. The molecule has 0 aliphatic carbocycles. The van der Waals surface area contributed by atoms with E-state index in [1.807, 2.05) is 19.1 Å². The van der Waals surface area contributed by atoms with Crippen molar-refractivity contribution in [3.05, 3.63) is 29.8 Å². The number of hydrogen-bond donors (Lipinski definition) is 1. The second-order valence-electron chi connectivity index (χ2n) is 5.18. The number of benzene rings is 1. The number of rotatable bonds is 6. The minimum absolute atomic E-state index is 0.310. The fraction of sp³-hybridized carbons (Fsp3) is 0.625. The standard InChI is InChI=1S/C16H25NO2/c1-3-19-16-9-5-4-8-15(16)13(2)17-11-14-7-6-10-18-12-14/h4-5,8-9,13-14,17H,3,6-7,10-12H2,1-2H3. The van der Waals surface area contributed by atoms with E-state index in [9.17, 15) is 0 Å². The fourth-order valence-electron chi connectivity index (χ4n) is 2.55. The van der Waals surface area contributed by atoms with Crippen molar-refractivity contribution < 1.29 is 9.47 Å². The maximum Gasteiger partial charge on any atom is 0.124 e. The van der Waals surface area contributed by atoms with Crippen LogP contribution in [0, 0.1) is 5.92 Å². The van der Waals surface area contributed by atoms with E-state index in [2.05, 4.69) is 24.4 Å². The predicted octanol–water partition coefficient (Wildman–Crippen LogP) is 3.16. The van der Waals surface area contributed by atoms with Crippen molar-refractivity contribution >= 4 is 0 Å². The summed E-state index contributed by atoms with van der Waals surface area (Å²) in [6.45, 7) is 7.77. The smallest absolute Gasteiger partial charge is 0.124 e. The van der Waals surface area contributed by atoms with Gasteiger partial charge < -0.3 is 14.8 Å². The van der Waals surface area contributed by atoms with Gasteiger partial charge in [-0.3, -0.25) is 0 Å². The molecular weight excluding hydrogens is 238 g/mol. The summed E-state index contributed by atoms with van der Waals surface area (Å²) in [4.78, 5) is 0. The Bertz CT molecular complexity index is 375. The quantitative estimate of drug-likeness (QED) is 0.855. The molecule has 1 aliphatic heterocycles.